The number of nitrogens with zero attached hydrogens (tertiary/aromatic N) is 3. The molecule has 1 aromatic rings. The normalized spacial score (nSPS) is 24.8. The van der Waals surface area contributed by atoms with Crippen molar-refractivity contribution in [1.29, 1.82) is 0 Å². The highest BCUT2D eigenvalue weighted by Crippen LogP contribution is 2.22. The number of aliphatic hydroxyl groups is 2. The molecular formula is C57H81N11O20. The number of benzene rings is 1. The lowest BCUT2D eigenvalue weighted by molar-refractivity contribution is -0.197. The predicted molar refractivity (Wildman–Crippen MR) is 302 cm³/mol. The second kappa shape index (κ2) is 34.1. The maximum atomic E-state index is 14.6. The molecule has 10 unspecified atom stereocenters. The van der Waals surface area contributed by atoms with Crippen molar-refractivity contribution < 1.29 is 96.9 Å². The molecule has 4 aliphatic rings. The Labute approximate surface area is 506 Å². The molecule has 0 aliphatic carbocycles. The van der Waals surface area contributed by atoms with E-state index in [4.69, 9.17) is 15.4 Å². The maximum Gasteiger partial charge on any atom is 0.335 e. The van der Waals surface area contributed by atoms with Crippen LogP contribution in [-0.4, -0.2) is 187 Å². The van der Waals surface area contributed by atoms with Crippen molar-refractivity contribution in [3.8, 4) is 5.75 Å². The molecule has 4 saturated heterocycles. The van der Waals surface area contributed by atoms with Gasteiger partial charge in [0.05, 0.1) is 32.0 Å². The van der Waals surface area contributed by atoms with Gasteiger partial charge >= 0.3 is 11.9 Å². The van der Waals surface area contributed by atoms with Crippen LogP contribution in [0, 0.1) is 5.92 Å². The summed E-state index contributed by atoms with van der Waals surface area (Å²) in [5, 5.41) is 48.7. The number of phenolic OH excluding ortho intramolecular Hbond substituents is 1. The Hall–Kier alpha value is -8.61. The number of phenols is 1. The van der Waals surface area contributed by atoms with Gasteiger partial charge in [-0.1, -0.05) is 77.3 Å². The summed E-state index contributed by atoms with van der Waals surface area (Å²) in [5.74, 6) is -16.0. The van der Waals surface area contributed by atoms with Gasteiger partial charge < -0.3 is 72.8 Å². The Balaban J connectivity index is 1.55. The number of aliphatic hydroxyl groups excluding tert-OH is 2. The number of aromatic hydroxyl groups is 1. The van der Waals surface area contributed by atoms with Crippen molar-refractivity contribution in [3.63, 3.8) is 0 Å². The molecule has 1 aromatic carbocycles. The molecule has 0 spiro atoms. The van der Waals surface area contributed by atoms with Crippen molar-refractivity contribution in [3.05, 3.63) is 29.8 Å². The van der Waals surface area contributed by atoms with Gasteiger partial charge in [-0.15, -0.1) is 10.1 Å². The van der Waals surface area contributed by atoms with E-state index in [0.29, 0.717) is 18.8 Å². The van der Waals surface area contributed by atoms with E-state index in [9.17, 15) is 87.2 Å². The summed E-state index contributed by atoms with van der Waals surface area (Å²) < 4.78 is 0. The highest BCUT2D eigenvalue weighted by molar-refractivity contribution is 6.03. The number of rotatable bonds is 23. The highest BCUT2D eigenvalue weighted by atomic mass is 16.7. The van der Waals surface area contributed by atoms with Crippen LogP contribution in [0.5, 0.6) is 5.75 Å². The SMILES string of the molecule is CCC(C)CCCCCCCCC1CC(=O)NC(CC(=O)ON2C(=O)CCC2=O)C(=O)NC(Cc2ccc(O)cc2)C(=O)NC(CC(N)=O)C(=O)N2CCCC2C(=O)NC(CCC(=O)ON2C(=O)CCC2=O)C(=O)NC(CO)C(=O)NC(C(C)O)C(=O)N1. The number of hydrogen-bond donors (Lipinski definition) is 11. The van der Waals surface area contributed by atoms with Gasteiger partial charge in [0.1, 0.15) is 48.0 Å². The van der Waals surface area contributed by atoms with Crippen LogP contribution in [0.3, 0.4) is 0 Å². The number of fused-ring (bicyclic) bond motifs is 1. The minimum Gasteiger partial charge on any atom is -0.508 e. The number of hydrogen-bond acceptors (Lipinski definition) is 20. The zero-order chi connectivity index (χ0) is 64.8. The first kappa shape index (κ1) is 70.2. The molecule has 0 saturated carbocycles. The van der Waals surface area contributed by atoms with Crippen molar-refractivity contribution in [2.24, 2.45) is 11.7 Å². The van der Waals surface area contributed by atoms with Crippen molar-refractivity contribution in [1.82, 2.24) is 52.2 Å². The third-order valence-corrected chi connectivity index (χ3v) is 15.4. The molecule has 31 nitrogen and oxygen atoms in total. The zero-order valence-corrected chi connectivity index (χ0v) is 49.5. The van der Waals surface area contributed by atoms with Gasteiger partial charge in [-0.25, -0.2) is 9.59 Å². The number of nitrogens with two attached hydrogens (primary N) is 1. The van der Waals surface area contributed by atoms with Crippen LogP contribution >= 0.6 is 0 Å². The molecule has 4 heterocycles. The van der Waals surface area contributed by atoms with Crippen LogP contribution in [0.4, 0.5) is 0 Å². The standard InChI is InChI=1S/C57H81N11O20/c1-4-31(2)12-9-7-5-6-8-10-13-34-27-43(73)60-38(29-49(79)88-68-46(76)22-23-47(68)77)53(82)62-37(26-33-15-17-35(71)18-16-33)52(81)63-39(28-42(58)72)57(86)66-25-11-14-41(66)55(84)61-36(19-24-48(78)87-67-44(74)20-21-45(67)75)51(80)64-40(30-69)54(83)65-50(32(3)70)56(85)59-34/h15-18,31-32,34,36-41,50,69-71H,4-14,19-30H2,1-3H3,(H2,58,72)(H,59,85)(H,60,73)(H,61,84)(H,62,82)(H,63,81)(H,64,80)(H,65,83). The van der Waals surface area contributed by atoms with Crippen LogP contribution in [0.2, 0.25) is 0 Å². The van der Waals surface area contributed by atoms with Crippen molar-refractivity contribution in [2.45, 2.75) is 210 Å². The Morgan fingerprint density at radius 1 is 0.614 bits per heavy atom. The molecule has 4 fully saturated rings. The van der Waals surface area contributed by atoms with Crippen LogP contribution in [0.25, 0.3) is 0 Å². The zero-order valence-electron chi connectivity index (χ0n) is 49.5. The molecule has 12 N–H and O–H groups in total. The number of amides is 13. The first-order chi connectivity index (χ1) is 41.8. The smallest absolute Gasteiger partial charge is 0.335 e. The quantitative estimate of drug-likeness (QED) is 0.0399. The van der Waals surface area contributed by atoms with Crippen LogP contribution in [-0.2, 0) is 88.0 Å². The number of carbonyl (C=O) groups is 15. The second-order valence-corrected chi connectivity index (χ2v) is 22.5. The molecule has 5 rings (SSSR count). The lowest BCUT2D eigenvalue weighted by Crippen LogP contribution is -2.61. The van der Waals surface area contributed by atoms with E-state index in [0.717, 1.165) is 50.3 Å². The molecule has 0 radical (unpaired) electrons. The maximum absolute atomic E-state index is 14.6. The molecule has 13 amide bonds. The van der Waals surface area contributed by atoms with Gasteiger partial charge in [-0.3, -0.25) is 62.3 Å². The van der Waals surface area contributed by atoms with Gasteiger partial charge in [-0.05, 0) is 56.2 Å². The summed E-state index contributed by atoms with van der Waals surface area (Å²) in [6.45, 7) is 4.04. The molecule has 0 aromatic heterocycles. The summed E-state index contributed by atoms with van der Waals surface area (Å²) in [7, 11) is 0. The topological polar surface area (TPSA) is 455 Å². The van der Waals surface area contributed by atoms with E-state index in [1.807, 2.05) is 0 Å². The average molecular weight is 1240 g/mol. The van der Waals surface area contributed by atoms with Gasteiger partial charge in [-0.2, -0.15) is 0 Å². The van der Waals surface area contributed by atoms with Gasteiger partial charge in [0.25, 0.3) is 23.6 Å². The fourth-order valence-electron chi connectivity index (χ4n) is 10.2. The molecule has 10 atom stereocenters. The number of primary amides is 1. The van der Waals surface area contributed by atoms with Gasteiger partial charge in [0, 0.05) is 51.1 Å². The third kappa shape index (κ3) is 21.4. The molecule has 88 heavy (non-hydrogen) atoms. The molecule has 484 valence electrons. The van der Waals surface area contributed by atoms with Gasteiger partial charge in [0.2, 0.25) is 53.2 Å². The van der Waals surface area contributed by atoms with E-state index in [1.165, 1.54) is 24.3 Å². The largest absolute Gasteiger partial charge is 0.508 e. The number of hydroxylamine groups is 4. The summed E-state index contributed by atoms with van der Waals surface area (Å²) >= 11 is 0. The molecule has 0 bridgehead atoms. The van der Waals surface area contributed by atoms with E-state index in [1.54, 1.807) is 0 Å². The Kier molecular flexibility index (Phi) is 27.2. The fraction of sp³-hybridized carbons (Fsp3) is 0.632. The summed E-state index contributed by atoms with van der Waals surface area (Å²) in [4.78, 5) is 214. The highest BCUT2D eigenvalue weighted by Gasteiger charge is 2.43. The summed E-state index contributed by atoms with van der Waals surface area (Å²) in [5.41, 5.74) is 5.86. The lowest BCUT2D eigenvalue weighted by Gasteiger charge is -2.31. The Morgan fingerprint density at radius 3 is 1.74 bits per heavy atom. The number of imide groups is 2. The molecule has 31 heteroatoms. The number of carbonyl (C=O) groups excluding carboxylic acids is 15. The average Bonchev–Trinajstić information content (AvgIpc) is 3.70. The van der Waals surface area contributed by atoms with Crippen molar-refractivity contribution >= 4 is 88.7 Å². The first-order valence-corrected chi connectivity index (χ1v) is 29.7. The second-order valence-electron chi connectivity index (χ2n) is 22.5. The Bertz CT molecular complexity index is 2730. The van der Waals surface area contributed by atoms with E-state index in [2.05, 4.69) is 51.1 Å². The number of unbranched alkanes of at least 4 members (excludes halogenated alkanes) is 5. The summed E-state index contributed by atoms with van der Waals surface area (Å²) in [6.07, 6.45) is -0.528. The van der Waals surface area contributed by atoms with Gasteiger partial charge in [0.15, 0.2) is 0 Å². The molecule has 4 aliphatic heterocycles. The minimum absolute atomic E-state index is 0.0730. The number of nitrogens with one attached hydrogen (secondary N) is 7. The third-order valence-electron chi connectivity index (χ3n) is 15.4. The van der Waals surface area contributed by atoms with Crippen molar-refractivity contribution in [2.75, 3.05) is 13.2 Å². The van der Waals surface area contributed by atoms with Crippen LogP contribution in [0.1, 0.15) is 155 Å². The van der Waals surface area contributed by atoms with Crippen LogP contribution in [0.15, 0.2) is 24.3 Å². The summed E-state index contributed by atoms with van der Waals surface area (Å²) in [6, 6.07) is -8.73. The predicted octanol–water partition coefficient (Wildman–Crippen LogP) is -2.48. The Morgan fingerprint density at radius 2 is 1.15 bits per heavy atom. The van der Waals surface area contributed by atoms with E-state index < -0.39 is 188 Å². The lowest BCUT2D eigenvalue weighted by atomic mass is 9.99. The van der Waals surface area contributed by atoms with E-state index >= 15 is 0 Å². The monoisotopic (exact) mass is 1240 g/mol. The molecular weight excluding hydrogens is 1160 g/mol. The first-order valence-electron chi connectivity index (χ1n) is 29.7. The fourth-order valence-corrected chi connectivity index (χ4v) is 10.2. The minimum atomic E-state index is -2.00. The van der Waals surface area contributed by atoms with E-state index in [-0.39, 0.29) is 72.9 Å². The van der Waals surface area contributed by atoms with Crippen LogP contribution < -0.4 is 43.0 Å².